The fourth-order valence-electron chi connectivity index (χ4n) is 2.11. The fraction of sp³-hybridized carbons (Fsp3) is 0.357. The highest BCUT2D eigenvalue weighted by Crippen LogP contribution is 2.35. The summed E-state index contributed by atoms with van der Waals surface area (Å²) in [5, 5.41) is -0.688. The molecule has 2 rings (SSSR count). The van der Waals surface area contributed by atoms with Gasteiger partial charge in [0.15, 0.2) is 11.9 Å². The van der Waals surface area contributed by atoms with Crippen LogP contribution >= 0.6 is 11.6 Å². The van der Waals surface area contributed by atoms with E-state index in [0.717, 1.165) is 0 Å². The molecule has 2 atom stereocenters. The molecular formula is C14H15ClN2O4. The van der Waals surface area contributed by atoms with Crippen LogP contribution in [0.4, 0.5) is 5.69 Å². The number of rotatable bonds is 4. The van der Waals surface area contributed by atoms with Crippen molar-refractivity contribution in [2.45, 2.75) is 25.3 Å². The van der Waals surface area contributed by atoms with Crippen molar-refractivity contribution >= 4 is 34.9 Å². The van der Waals surface area contributed by atoms with Gasteiger partial charge in [0.1, 0.15) is 12.3 Å². The molecule has 1 aliphatic heterocycles. The molecule has 0 aromatic heterocycles. The zero-order valence-electron chi connectivity index (χ0n) is 11.6. The number of nitrogens with zero attached hydrogens (tertiary/aromatic N) is 1. The summed E-state index contributed by atoms with van der Waals surface area (Å²) in [6.45, 7) is 2.88. The normalized spacial score (nSPS) is 18.7. The minimum atomic E-state index is -0.717. The van der Waals surface area contributed by atoms with Crippen LogP contribution in [0.2, 0.25) is 0 Å². The van der Waals surface area contributed by atoms with Crippen molar-refractivity contribution in [3.63, 3.8) is 0 Å². The lowest BCUT2D eigenvalue weighted by molar-refractivity contribution is -0.127. The maximum Gasteiger partial charge on any atom is 0.268 e. The van der Waals surface area contributed by atoms with E-state index in [4.69, 9.17) is 22.1 Å². The van der Waals surface area contributed by atoms with Crippen LogP contribution in [0.1, 0.15) is 24.2 Å². The summed E-state index contributed by atoms with van der Waals surface area (Å²) in [6, 6.07) is 4.65. The van der Waals surface area contributed by atoms with Crippen LogP contribution in [-0.2, 0) is 9.59 Å². The number of fused-ring (bicyclic) bond motifs is 1. The van der Waals surface area contributed by atoms with E-state index in [2.05, 4.69) is 0 Å². The highest BCUT2D eigenvalue weighted by molar-refractivity contribution is 6.33. The van der Waals surface area contributed by atoms with Crippen molar-refractivity contribution in [1.82, 2.24) is 0 Å². The quantitative estimate of drug-likeness (QED) is 0.666. The number of amides is 2. The molecule has 2 N–H and O–H groups in total. The van der Waals surface area contributed by atoms with Crippen LogP contribution in [0.3, 0.4) is 0 Å². The Hall–Kier alpha value is -2.08. The van der Waals surface area contributed by atoms with Crippen LogP contribution in [0, 0.1) is 0 Å². The Balaban J connectivity index is 2.47. The van der Waals surface area contributed by atoms with E-state index < -0.39 is 17.4 Å². The Bertz CT molecular complexity index is 615. The summed E-state index contributed by atoms with van der Waals surface area (Å²) in [5.74, 6) is -0.887. The summed E-state index contributed by atoms with van der Waals surface area (Å²) in [7, 11) is 0. The summed E-state index contributed by atoms with van der Waals surface area (Å²) < 4.78 is 5.46. The molecule has 0 aliphatic carbocycles. The SMILES string of the molecule is CC(Cl)C(=O)c1ccc2c(c1)N(CC(N)=O)C(=O)C(C)O2. The number of carbonyl (C=O) groups excluding carboxylic acids is 3. The maximum atomic E-state index is 12.1. The molecule has 1 aliphatic rings. The highest BCUT2D eigenvalue weighted by atomic mass is 35.5. The van der Waals surface area contributed by atoms with E-state index >= 15 is 0 Å². The maximum absolute atomic E-state index is 12.1. The first-order valence-corrected chi connectivity index (χ1v) is 6.83. The molecule has 1 heterocycles. The third-order valence-corrected chi connectivity index (χ3v) is 3.33. The monoisotopic (exact) mass is 310 g/mol. The molecule has 0 bridgehead atoms. The number of primary amides is 1. The lowest BCUT2D eigenvalue weighted by Crippen LogP contribution is -2.48. The zero-order chi connectivity index (χ0) is 15.7. The predicted octanol–water partition coefficient (Wildman–Crippen LogP) is 1.10. The molecule has 1 aromatic rings. The van der Waals surface area contributed by atoms with E-state index in [-0.39, 0.29) is 18.2 Å². The Morgan fingerprint density at radius 1 is 1.48 bits per heavy atom. The Labute approximate surface area is 126 Å². The van der Waals surface area contributed by atoms with Crippen LogP contribution in [-0.4, -0.2) is 35.6 Å². The van der Waals surface area contributed by atoms with Crippen LogP contribution in [0.5, 0.6) is 5.75 Å². The predicted molar refractivity (Wildman–Crippen MR) is 77.7 cm³/mol. The van der Waals surface area contributed by atoms with Gasteiger partial charge in [-0.15, -0.1) is 11.6 Å². The zero-order valence-corrected chi connectivity index (χ0v) is 12.4. The number of ether oxygens (including phenoxy) is 1. The van der Waals surface area contributed by atoms with Crippen LogP contribution in [0.25, 0.3) is 0 Å². The van der Waals surface area contributed by atoms with Crippen LogP contribution < -0.4 is 15.4 Å². The number of ketones is 1. The number of Topliss-reactive ketones (excluding diaryl/α,β-unsaturated/α-hetero) is 1. The molecule has 6 nitrogen and oxygen atoms in total. The topological polar surface area (TPSA) is 89.7 Å². The molecule has 112 valence electrons. The van der Waals surface area contributed by atoms with Crippen molar-refractivity contribution < 1.29 is 19.1 Å². The molecule has 0 saturated carbocycles. The minimum absolute atomic E-state index is 0.270. The van der Waals surface area contributed by atoms with Crippen molar-refractivity contribution in [1.29, 1.82) is 0 Å². The van der Waals surface area contributed by atoms with Crippen molar-refractivity contribution in [3.8, 4) is 5.75 Å². The van der Waals surface area contributed by atoms with Crippen molar-refractivity contribution in [2.24, 2.45) is 5.73 Å². The number of halogens is 1. The van der Waals surface area contributed by atoms with Gasteiger partial charge in [-0.3, -0.25) is 19.3 Å². The van der Waals surface area contributed by atoms with E-state index in [1.807, 2.05) is 0 Å². The average molecular weight is 311 g/mol. The lowest BCUT2D eigenvalue weighted by Gasteiger charge is -2.32. The summed E-state index contributed by atoms with van der Waals surface area (Å²) in [5.41, 5.74) is 5.86. The molecule has 0 fully saturated rings. The van der Waals surface area contributed by atoms with Gasteiger partial charge in [-0.2, -0.15) is 0 Å². The van der Waals surface area contributed by atoms with Gasteiger partial charge in [0.2, 0.25) is 5.91 Å². The molecule has 0 radical (unpaired) electrons. The molecule has 0 spiro atoms. The molecule has 7 heteroatoms. The Morgan fingerprint density at radius 2 is 2.14 bits per heavy atom. The number of alkyl halides is 1. The number of carbonyl (C=O) groups is 3. The molecule has 21 heavy (non-hydrogen) atoms. The second-order valence-electron chi connectivity index (χ2n) is 4.81. The van der Waals surface area contributed by atoms with Gasteiger partial charge in [-0.25, -0.2) is 0 Å². The van der Waals surface area contributed by atoms with Gasteiger partial charge >= 0.3 is 0 Å². The van der Waals surface area contributed by atoms with E-state index in [9.17, 15) is 14.4 Å². The van der Waals surface area contributed by atoms with Crippen molar-refractivity contribution in [3.05, 3.63) is 23.8 Å². The largest absolute Gasteiger partial charge is 0.479 e. The van der Waals surface area contributed by atoms with Gasteiger partial charge in [-0.05, 0) is 32.0 Å². The number of hydrogen-bond donors (Lipinski definition) is 1. The van der Waals surface area contributed by atoms with Crippen molar-refractivity contribution in [2.75, 3.05) is 11.4 Å². The van der Waals surface area contributed by atoms with Gasteiger partial charge in [0.05, 0.1) is 11.1 Å². The Morgan fingerprint density at radius 3 is 2.71 bits per heavy atom. The lowest BCUT2D eigenvalue weighted by atomic mass is 10.1. The average Bonchev–Trinajstić information content (AvgIpc) is 2.42. The second-order valence-corrected chi connectivity index (χ2v) is 5.47. The van der Waals surface area contributed by atoms with Gasteiger partial charge in [-0.1, -0.05) is 0 Å². The summed E-state index contributed by atoms with van der Waals surface area (Å²) in [4.78, 5) is 36.4. The first-order chi connectivity index (χ1) is 9.81. The summed E-state index contributed by atoms with van der Waals surface area (Å²) in [6.07, 6.45) is -0.717. The summed E-state index contributed by atoms with van der Waals surface area (Å²) >= 11 is 5.78. The number of anilines is 1. The number of hydrogen-bond acceptors (Lipinski definition) is 4. The first-order valence-electron chi connectivity index (χ1n) is 6.40. The van der Waals surface area contributed by atoms with Gasteiger partial charge in [0, 0.05) is 5.56 Å². The third kappa shape index (κ3) is 3.00. The van der Waals surface area contributed by atoms with Crippen LogP contribution in [0.15, 0.2) is 18.2 Å². The fourth-order valence-corrected chi connectivity index (χ4v) is 2.23. The molecule has 2 unspecified atom stereocenters. The molecule has 2 amide bonds. The number of nitrogens with two attached hydrogens (primary N) is 1. The van der Waals surface area contributed by atoms with E-state index in [1.165, 1.54) is 11.0 Å². The Kier molecular flexibility index (Phi) is 4.18. The molecular weight excluding hydrogens is 296 g/mol. The second kappa shape index (κ2) is 5.73. The molecule has 0 saturated heterocycles. The van der Waals surface area contributed by atoms with Gasteiger partial charge in [0.25, 0.3) is 5.91 Å². The molecule has 1 aromatic carbocycles. The minimum Gasteiger partial charge on any atom is -0.479 e. The third-order valence-electron chi connectivity index (χ3n) is 3.13. The smallest absolute Gasteiger partial charge is 0.268 e. The number of benzene rings is 1. The van der Waals surface area contributed by atoms with E-state index in [0.29, 0.717) is 17.0 Å². The van der Waals surface area contributed by atoms with E-state index in [1.54, 1.807) is 26.0 Å². The standard InChI is InChI=1S/C14H15ClN2O4/c1-7(15)13(19)9-3-4-11-10(5-9)17(6-12(16)18)14(20)8(2)21-11/h3-5,7-8H,6H2,1-2H3,(H2,16,18). The van der Waals surface area contributed by atoms with Gasteiger partial charge < -0.3 is 10.5 Å². The highest BCUT2D eigenvalue weighted by Gasteiger charge is 2.33. The first kappa shape index (κ1) is 15.3.